The molecule has 0 spiro atoms. The van der Waals surface area contributed by atoms with E-state index in [1.54, 1.807) is 19.5 Å². The number of nitrogens with zero attached hydrogens (tertiary/aromatic N) is 3. The van der Waals surface area contributed by atoms with Crippen LogP contribution in [0.2, 0.25) is 5.02 Å². The maximum Gasteiger partial charge on any atom is 0.222 e. The molecule has 6 heteroatoms. The molecule has 0 saturated carbocycles. The summed E-state index contributed by atoms with van der Waals surface area (Å²) in [5.41, 5.74) is 1.13. The highest BCUT2D eigenvalue weighted by atomic mass is 35.5. The molecule has 0 unspecified atom stereocenters. The van der Waals surface area contributed by atoms with Crippen molar-refractivity contribution < 1.29 is 4.74 Å². The predicted molar refractivity (Wildman–Crippen MR) is 84.3 cm³/mol. The standard InChI is InChI=1S/C15H17ClN4O/c1-21-14-5-3-2-4-13(14)20-7-6-12(10-20)19-15-17-8-11(16)9-18-15/h2-5,8-9,12H,6-7,10H2,1H3,(H,17,18,19)/t12-/m0/s1. The van der Waals surface area contributed by atoms with E-state index >= 15 is 0 Å². The maximum atomic E-state index is 5.79. The molecule has 0 aliphatic carbocycles. The normalized spacial score (nSPS) is 17.8. The van der Waals surface area contributed by atoms with Crippen molar-refractivity contribution in [2.45, 2.75) is 12.5 Å². The molecule has 1 aliphatic heterocycles. The summed E-state index contributed by atoms with van der Waals surface area (Å²) >= 11 is 5.79. The Balaban J connectivity index is 1.66. The largest absolute Gasteiger partial charge is 0.495 e. The number of anilines is 2. The SMILES string of the molecule is COc1ccccc1N1CC[C@H](Nc2ncc(Cl)cn2)C1. The average Bonchev–Trinajstić information content (AvgIpc) is 2.98. The highest BCUT2D eigenvalue weighted by Crippen LogP contribution is 2.30. The van der Waals surface area contributed by atoms with Crippen molar-refractivity contribution in [1.29, 1.82) is 0 Å². The van der Waals surface area contributed by atoms with Gasteiger partial charge in [-0.1, -0.05) is 23.7 Å². The van der Waals surface area contributed by atoms with E-state index in [1.165, 1.54) is 0 Å². The van der Waals surface area contributed by atoms with Crippen molar-refractivity contribution in [2.75, 3.05) is 30.4 Å². The van der Waals surface area contributed by atoms with Crippen LogP contribution in [0.5, 0.6) is 5.75 Å². The van der Waals surface area contributed by atoms with Crippen molar-refractivity contribution in [3.63, 3.8) is 0 Å². The number of hydrogen-bond acceptors (Lipinski definition) is 5. The molecular formula is C15H17ClN4O. The summed E-state index contributed by atoms with van der Waals surface area (Å²) in [6, 6.07) is 8.39. The molecule has 2 heterocycles. The number of para-hydroxylation sites is 2. The van der Waals surface area contributed by atoms with Crippen LogP contribution in [0.3, 0.4) is 0 Å². The van der Waals surface area contributed by atoms with Crippen LogP contribution in [0.1, 0.15) is 6.42 Å². The first kappa shape index (κ1) is 13.9. The lowest BCUT2D eigenvalue weighted by atomic mass is 10.2. The van der Waals surface area contributed by atoms with Gasteiger partial charge in [0.15, 0.2) is 0 Å². The summed E-state index contributed by atoms with van der Waals surface area (Å²) < 4.78 is 5.42. The third-order valence-corrected chi connectivity index (χ3v) is 3.76. The Morgan fingerprint density at radius 1 is 1.29 bits per heavy atom. The predicted octanol–water partition coefficient (Wildman–Crippen LogP) is 2.83. The lowest BCUT2D eigenvalue weighted by Crippen LogP contribution is -2.26. The van der Waals surface area contributed by atoms with E-state index in [1.807, 2.05) is 18.2 Å². The van der Waals surface area contributed by atoms with Gasteiger partial charge < -0.3 is 15.0 Å². The minimum Gasteiger partial charge on any atom is -0.495 e. The number of halogens is 1. The molecule has 21 heavy (non-hydrogen) atoms. The van der Waals surface area contributed by atoms with Gasteiger partial charge in [-0.15, -0.1) is 0 Å². The van der Waals surface area contributed by atoms with Gasteiger partial charge in [-0.3, -0.25) is 0 Å². The Kier molecular flexibility index (Phi) is 4.10. The fraction of sp³-hybridized carbons (Fsp3) is 0.333. The van der Waals surface area contributed by atoms with Crippen LogP contribution < -0.4 is 15.0 Å². The number of methoxy groups -OCH3 is 1. The minimum absolute atomic E-state index is 0.316. The topological polar surface area (TPSA) is 50.3 Å². The number of benzene rings is 1. The first-order valence-corrected chi connectivity index (χ1v) is 7.26. The van der Waals surface area contributed by atoms with Crippen molar-refractivity contribution in [3.05, 3.63) is 41.7 Å². The number of hydrogen-bond donors (Lipinski definition) is 1. The molecule has 1 aromatic heterocycles. The fourth-order valence-corrected chi connectivity index (χ4v) is 2.65. The van der Waals surface area contributed by atoms with Gasteiger partial charge in [0.25, 0.3) is 0 Å². The van der Waals surface area contributed by atoms with E-state index in [4.69, 9.17) is 16.3 Å². The molecule has 0 bridgehead atoms. The molecule has 5 nitrogen and oxygen atoms in total. The van der Waals surface area contributed by atoms with Crippen molar-refractivity contribution >= 4 is 23.2 Å². The first-order valence-electron chi connectivity index (χ1n) is 6.88. The van der Waals surface area contributed by atoms with Crippen LogP contribution in [0.15, 0.2) is 36.7 Å². The van der Waals surface area contributed by atoms with Crippen molar-refractivity contribution in [3.8, 4) is 5.75 Å². The van der Waals surface area contributed by atoms with Gasteiger partial charge in [-0.25, -0.2) is 9.97 Å². The third kappa shape index (κ3) is 3.19. The number of aromatic nitrogens is 2. The average molecular weight is 305 g/mol. The van der Waals surface area contributed by atoms with Crippen LogP contribution in [-0.2, 0) is 0 Å². The molecule has 1 fully saturated rings. The van der Waals surface area contributed by atoms with Gasteiger partial charge in [0.2, 0.25) is 5.95 Å². The lowest BCUT2D eigenvalue weighted by molar-refractivity contribution is 0.415. The Labute approximate surface area is 128 Å². The monoisotopic (exact) mass is 304 g/mol. The zero-order valence-electron chi connectivity index (χ0n) is 11.8. The molecular weight excluding hydrogens is 288 g/mol. The second-order valence-electron chi connectivity index (χ2n) is 4.97. The molecule has 1 saturated heterocycles. The molecule has 0 amide bonds. The van der Waals surface area contributed by atoms with Crippen molar-refractivity contribution in [1.82, 2.24) is 9.97 Å². The quantitative estimate of drug-likeness (QED) is 0.941. The van der Waals surface area contributed by atoms with E-state index in [0.29, 0.717) is 17.0 Å². The summed E-state index contributed by atoms with van der Waals surface area (Å²) in [6.45, 7) is 1.87. The first-order chi connectivity index (χ1) is 10.3. The van der Waals surface area contributed by atoms with Crippen molar-refractivity contribution in [2.24, 2.45) is 0 Å². The summed E-state index contributed by atoms with van der Waals surface area (Å²) in [4.78, 5) is 10.7. The molecule has 1 atom stereocenters. The van der Waals surface area contributed by atoms with Gasteiger partial charge >= 0.3 is 0 Å². The Hall–Kier alpha value is -2.01. The van der Waals surface area contributed by atoms with Crippen LogP contribution >= 0.6 is 11.6 Å². The van der Waals surface area contributed by atoms with Crippen LogP contribution in [0.25, 0.3) is 0 Å². The second-order valence-corrected chi connectivity index (χ2v) is 5.41. The van der Waals surface area contributed by atoms with E-state index < -0.39 is 0 Å². The lowest BCUT2D eigenvalue weighted by Gasteiger charge is -2.21. The molecule has 2 aromatic rings. The summed E-state index contributed by atoms with van der Waals surface area (Å²) in [6.07, 6.45) is 4.23. The van der Waals surface area contributed by atoms with Gasteiger partial charge in [-0.05, 0) is 18.6 Å². The van der Waals surface area contributed by atoms with Gasteiger partial charge in [0.05, 0.1) is 30.2 Å². The van der Waals surface area contributed by atoms with E-state index in [0.717, 1.165) is 30.9 Å². The van der Waals surface area contributed by atoms with E-state index in [2.05, 4.69) is 26.3 Å². The molecule has 1 aliphatic rings. The number of ether oxygens (including phenoxy) is 1. The minimum atomic E-state index is 0.316. The fourth-order valence-electron chi connectivity index (χ4n) is 2.56. The van der Waals surface area contributed by atoms with Crippen LogP contribution in [0, 0.1) is 0 Å². The summed E-state index contributed by atoms with van der Waals surface area (Å²) in [7, 11) is 1.70. The maximum absolute atomic E-state index is 5.79. The molecule has 0 radical (unpaired) electrons. The smallest absolute Gasteiger partial charge is 0.222 e. The molecule has 1 N–H and O–H groups in total. The Morgan fingerprint density at radius 2 is 2.05 bits per heavy atom. The highest BCUT2D eigenvalue weighted by Gasteiger charge is 2.24. The van der Waals surface area contributed by atoms with Crippen LogP contribution in [-0.4, -0.2) is 36.2 Å². The molecule has 3 rings (SSSR count). The van der Waals surface area contributed by atoms with Crippen LogP contribution in [0.4, 0.5) is 11.6 Å². The Morgan fingerprint density at radius 3 is 2.81 bits per heavy atom. The summed E-state index contributed by atoms with van der Waals surface area (Å²) in [5, 5.41) is 3.89. The van der Waals surface area contributed by atoms with Gasteiger partial charge in [0.1, 0.15) is 5.75 Å². The number of rotatable bonds is 4. The zero-order valence-corrected chi connectivity index (χ0v) is 12.5. The summed E-state index contributed by atoms with van der Waals surface area (Å²) in [5.74, 6) is 1.52. The zero-order chi connectivity index (χ0) is 14.7. The van der Waals surface area contributed by atoms with E-state index in [-0.39, 0.29) is 0 Å². The molecule has 1 aromatic carbocycles. The number of nitrogens with one attached hydrogen (secondary N) is 1. The van der Waals surface area contributed by atoms with Gasteiger partial charge in [-0.2, -0.15) is 0 Å². The molecule has 110 valence electrons. The third-order valence-electron chi connectivity index (χ3n) is 3.57. The second kappa shape index (κ2) is 6.18. The van der Waals surface area contributed by atoms with Gasteiger partial charge in [0, 0.05) is 19.1 Å². The Bertz CT molecular complexity index is 605. The highest BCUT2D eigenvalue weighted by molar-refractivity contribution is 6.30. The van der Waals surface area contributed by atoms with E-state index in [9.17, 15) is 0 Å².